The molecule has 18 heavy (non-hydrogen) atoms. The van der Waals surface area contributed by atoms with E-state index in [9.17, 15) is 9.18 Å². The fraction of sp³-hybridized carbons (Fsp3) is 0.273. The largest absolute Gasteiger partial charge is 0.497 e. The molecule has 6 nitrogen and oxygen atoms in total. The predicted molar refractivity (Wildman–Crippen MR) is 63.3 cm³/mol. The standard InChI is InChI=1S/C11H14FN3O3/c1-15(6-10(13)14-17)11(16)8-4-3-7(18-2)5-9(8)12/h3-5,17H,6H2,1-2H3,(H2,13,14). The first kappa shape index (κ1) is 13.8. The van der Waals surface area contributed by atoms with Crippen molar-refractivity contribution in [2.45, 2.75) is 0 Å². The van der Waals surface area contributed by atoms with Gasteiger partial charge in [-0.25, -0.2) is 4.39 Å². The Hall–Kier alpha value is -2.31. The molecule has 0 radical (unpaired) electrons. The van der Waals surface area contributed by atoms with E-state index in [4.69, 9.17) is 15.7 Å². The van der Waals surface area contributed by atoms with Gasteiger partial charge < -0.3 is 20.6 Å². The van der Waals surface area contributed by atoms with Gasteiger partial charge in [-0.2, -0.15) is 0 Å². The van der Waals surface area contributed by atoms with Crippen molar-refractivity contribution < 1.29 is 19.1 Å². The maximum atomic E-state index is 13.6. The number of oxime groups is 1. The van der Waals surface area contributed by atoms with Gasteiger partial charge in [-0.3, -0.25) is 4.79 Å². The highest BCUT2D eigenvalue weighted by molar-refractivity contribution is 5.97. The number of rotatable bonds is 4. The highest BCUT2D eigenvalue weighted by Gasteiger charge is 2.17. The topological polar surface area (TPSA) is 88.2 Å². The maximum Gasteiger partial charge on any atom is 0.256 e. The van der Waals surface area contributed by atoms with E-state index in [1.54, 1.807) is 0 Å². The third kappa shape index (κ3) is 3.09. The van der Waals surface area contributed by atoms with Crippen LogP contribution >= 0.6 is 0 Å². The monoisotopic (exact) mass is 255 g/mol. The van der Waals surface area contributed by atoms with Crippen molar-refractivity contribution in [3.63, 3.8) is 0 Å². The van der Waals surface area contributed by atoms with Gasteiger partial charge in [0.2, 0.25) is 0 Å². The van der Waals surface area contributed by atoms with Crippen LogP contribution in [0.15, 0.2) is 23.4 Å². The molecule has 98 valence electrons. The zero-order valence-corrected chi connectivity index (χ0v) is 10.1. The van der Waals surface area contributed by atoms with E-state index in [1.165, 1.54) is 26.3 Å². The van der Waals surface area contributed by atoms with E-state index in [0.29, 0.717) is 5.75 Å². The van der Waals surface area contributed by atoms with Crippen LogP contribution in [-0.2, 0) is 0 Å². The number of methoxy groups -OCH3 is 1. The average molecular weight is 255 g/mol. The van der Waals surface area contributed by atoms with Crippen LogP contribution in [0.4, 0.5) is 4.39 Å². The van der Waals surface area contributed by atoms with Crippen LogP contribution in [-0.4, -0.2) is 42.6 Å². The molecule has 0 aliphatic carbocycles. The molecule has 0 aromatic heterocycles. The summed E-state index contributed by atoms with van der Waals surface area (Å²) in [5, 5.41) is 11.1. The molecule has 7 heteroatoms. The van der Waals surface area contributed by atoms with Crippen molar-refractivity contribution in [1.29, 1.82) is 0 Å². The smallest absolute Gasteiger partial charge is 0.256 e. The first-order chi connectivity index (χ1) is 8.49. The number of amidine groups is 1. The fourth-order valence-corrected chi connectivity index (χ4v) is 1.35. The lowest BCUT2D eigenvalue weighted by Crippen LogP contribution is -2.35. The maximum absolute atomic E-state index is 13.6. The molecule has 0 atom stereocenters. The minimum atomic E-state index is -0.689. The van der Waals surface area contributed by atoms with Gasteiger partial charge >= 0.3 is 0 Å². The molecule has 0 fully saturated rings. The molecule has 3 N–H and O–H groups in total. The Morgan fingerprint density at radius 1 is 1.61 bits per heavy atom. The van der Waals surface area contributed by atoms with Crippen LogP contribution in [0, 0.1) is 5.82 Å². The molecule has 0 spiro atoms. The number of hydrogen-bond donors (Lipinski definition) is 2. The summed E-state index contributed by atoms with van der Waals surface area (Å²) in [4.78, 5) is 13.0. The molecule has 1 amide bonds. The second-order valence-corrected chi connectivity index (χ2v) is 3.60. The van der Waals surface area contributed by atoms with Crippen LogP contribution in [0.3, 0.4) is 0 Å². The molecule has 1 aromatic carbocycles. The minimum Gasteiger partial charge on any atom is -0.497 e. The second kappa shape index (κ2) is 5.85. The fourth-order valence-electron chi connectivity index (χ4n) is 1.35. The van der Waals surface area contributed by atoms with Crippen LogP contribution in [0.5, 0.6) is 5.75 Å². The number of nitrogens with two attached hydrogens (primary N) is 1. The molecule has 0 aliphatic rings. The van der Waals surface area contributed by atoms with Crippen LogP contribution < -0.4 is 10.5 Å². The Kier molecular flexibility index (Phi) is 4.47. The van der Waals surface area contributed by atoms with E-state index in [1.807, 2.05) is 0 Å². The number of ether oxygens (including phenoxy) is 1. The summed E-state index contributed by atoms with van der Waals surface area (Å²) in [7, 11) is 2.82. The Bertz CT molecular complexity index is 477. The molecule has 1 aromatic rings. The van der Waals surface area contributed by atoms with Crippen LogP contribution in [0.1, 0.15) is 10.4 Å². The lowest BCUT2D eigenvalue weighted by atomic mass is 10.2. The van der Waals surface area contributed by atoms with E-state index >= 15 is 0 Å². The summed E-state index contributed by atoms with van der Waals surface area (Å²) >= 11 is 0. The molecular weight excluding hydrogens is 241 g/mol. The Labute approximate surface area is 103 Å². The number of amides is 1. The summed E-state index contributed by atoms with van der Waals surface area (Å²) < 4.78 is 18.5. The van der Waals surface area contributed by atoms with Crippen molar-refractivity contribution in [3.05, 3.63) is 29.6 Å². The normalized spacial score (nSPS) is 11.2. The number of nitrogens with zero attached hydrogens (tertiary/aromatic N) is 2. The summed E-state index contributed by atoms with van der Waals surface area (Å²) in [6.07, 6.45) is 0. The molecule has 0 unspecified atom stereocenters. The zero-order chi connectivity index (χ0) is 13.7. The number of hydrogen-bond acceptors (Lipinski definition) is 4. The van der Waals surface area contributed by atoms with Gasteiger partial charge in [0.25, 0.3) is 5.91 Å². The van der Waals surface area contributed by atoms with Gasteiger partial charge in [0.05, 0.1) is 19.2 Å². The Morgan fingerprint density at radius 3 is 2.78 bits per heavy atom. The summed E-state index contributed by atoms with van der Waals surface area (Å²) in [5.74, 6) is -1.07. The molecule has 1 rings (SSSR count). The number of carbonyl (C=O) groups excluding carboxylic acids is 1. The van der Waals surface area contributed by atoms with Gasteiger partial charge in [0.15, 0.2) is 5.84 Å². The number of halogens is 1. The van der Waals surface area contributed by atoms with Crippen molar-refractivity contribution in [2.24, 2.45) is 10.9 Å². The summed E-state index contributed by atoms with van der Waals surface area (Å²) in [5.41, 5.74) is 5.16. The first-order valence-corrected chi connectivity index (χ1v) is 5.05. The number of carbonyl (C=O) groups is 1. The molecule has 0 saturated carbocycles. The van der Waals surface area contributed by atoms with Gasteiger partial charge in [0, 0.05) is 13.1 Å². The summed E-state index contributed by atoms with van der Waals surface area (Å²) in [6, 6.07) is 3.91. The molecule has 0 saturated heterocycles. The van der Waals surface area contributed by atoms with E-state index < -0.39 is 11.7 Å². The first-order valence-electron chi connectivity index (χ1n) is 5.05. The Morgan fingerprint density at radius 2 is 2.28 bits per heavy atom. The quantitative estimate of drug-likeness (QED) is 0.358. The van der Waals surface area contributed by atoms with Gasteiger partial charge in [0.1, 0.15) is 11.6 Å². The molecular formula is C11H14FN3O3. The van der Waals surface area contributed by atoms with Gasteiger partial charge in [-0.15, -0.1) is 0 Å². The van der Waals surface area contributed by atoms with Crippen LogP contribution in [0.25, 0.3) is 0 Å². The van der Waals surface area contributed by atoms with Crippen molar-refractivity contribution in [2.75, 3.05) is 20.7 Å². The molecule has 0 bridgehead atoms. The number of benzene rings is 1. The lowest BCUT2D eigenvalue weighted by Gasteiger charge is -2.16. The van der Waals surface area contributed by atoms with Gasteiger partial charge in [-0.05, 0) is 12.1 Å². The second-order valence-electron chi connectivity index (χ2n) is 3.60. The van der Waals surface area contributed by atoms with Crippen molar-refractivity contribution >= 4 is 11.7 Å². The average Bonchev–Trinajstić information content (AvgIpc) is 2.37. The van der Waals surface area contributed by atoms with E-state index in [0.717, 1.165) is 11.0 Å². The third-order valence-electron chi connectivity index (χ3n) is 2.28. The molecule has 0 aliphatic heterocycles. The van der Waals surface area contributed by atoms with Gasteiger partial charge in [-0.1, -0.05) is 5.16 Å². The minimum absolute atomic E-state index is 0.0964. The third-order valence-corrected chi connectivity index (χ3v) is 2.28. The van der Waals surface area contributed by atoms with E-state index in [-0.39, 0.29) is 17.9 Å². The summed E-state index contributed by atoms with van der Waals surface area (Å²) in [6.45, 7) is -0.0964. The molecule has 0 heterocycles. The van der Waals surface area contributed by atoms with Crippen molar-refractivity contribution in [3.8, 4) is 5.75 Å². The van der Waals surface area contributed by atoms with Crippen LogP contribution in [0.2, 0.25) is 0 Å². The number of likely N-dealkylation sites (N-methyl/N-ethyl adjacent to an activating group) is 1. The van der Waals surface area contributed by atoms with E-state index in [2.05, 4.69) is 5.16 Å². The van der Waals surface area contributed by atoms with Crippen molar-refractivity contribution in [1.82, 2.24) is 4.90 Å². The SMILES string of the molecule is COc1ccc(C(=O)N(C)C/C(N)=N/O)c(F)c1. The Balaban J connectivity index is 2.90. The lowest BCUT2D eigenvalue weighted by molar-refractivity contribution is 0.0809. The predicted octanol–water partition coefficient (Wildman–Crippen LogP) is 0.653. The highest BCUT2D eigenvalue weighted by Crippen LogP contribution is 2.17. The highest BCUT2D eigenvalue weighted by atomic mass is 19.1. The zero-order valence-electron chi connectivity index (χ0n) is 10.1.